The maximum atomic E-state index is 14.2. The Kier molecular flexibility index (Phi) is 4.47. The summed E-state index contributed by atoms with van der Waals surface area (Å²) in [5, 5.41) is 0.410. The first-order valence-corrected chi connectivity index (χ1v) is 9.80. The number of aromatic nitrogens is 1. The van der Waals surface area contributed by atoms with Crippen molar-refractivity contribution in [2.45, 2.75) is 12.0 Å². The molecule has 0 saturated heterocycles. The lowest BCUT2D eigenvalue weighted by Crippen LogP contribution is -2.39. The summed E-state index contributed by atoms with van der Waals surface area (Å²) in [4.78, 5) is 18.1. The lowest BCUT2D eigenvalue weighted by molar-refractivity contribution is 0.250. The Bertz CT molecular complexity index is 1110. The number of fused-ring (bicyclic) bond motifs is 3. The third-order valence-electron chi connectivity index (χ3n) is 5.46. The maximum absolute atomic E-state index is 14.2. The van der Waals surface area contributed by atoms with Gasteiger partial charge in [-0.25, -0.2) is 14.2 Å². The second kappa shape index (κ2) is 7.18. The lowest BCUT2D eigenvalue weighted by Gasteiger charge is -2.20. The topological polar surface area (TPSA) is 77.7 Å². The van der Waals surface area contributed by atoms with E-state index in [0.29, 0.717) is 27.9 Å². The number of urea groups is 1. The van der Waals surface area contributed by atoms with Crippen molar-refractivity contribution in [1.29, 1.82) is 0 Å². The highest BCUT2D eigenvalue weighted by Gasteiger charge is 2.60. The van der Waals surface area contributed by atoms with Gasteiger partial charge in [-0.2, -0.15) is 0 Å². The van der Waals surface area contributed by atoms with E-state index in [0.717, 1.165) is 0 Å². The summed E-state index contributed by atoms with van der Waals surface area (Å²) >= 11 is 6.32. The van der Waals surface area contributed by atoms with E-state index in [1.54, 1.807) is 12.1 Å². The number of nitrogens with zero attached hydrogens (tertiary/aromatic N) is 2. The zero-order valence-electron chi connectivity index (χ0n) is 15.7. The van der Waals surface area contributed by atoms with Crippen molar-refractivity contribution in [3.63, 3.8) is 0 Å². The van der Waals surface area contributed by atoms with Gasteiger partial charge in [0.1, 0.15) is 17.3 Å². The first-order chi connectivity index (χ1) is 14.5. The number of para-hydroxylation sites is 1. The van der Waals surface area contributed by atoms with Gasteiger partial charge in [0.15, 0.2) is 11.6 Å². The molecule has 2 heterocycles. The summed E-state index contributed by atoms with van der Waals surface area (Å²) in [6, 6.07) is 14.5. The molecule has 2 amide bonds. The second-order valence-corrected chi connectivity index (χ2v) is 7.65. The van der Waals surface area contributed by atoms with E-state index in [9.17, 15) is 9.18 Å². The Hall–Kier alpha value is -3.32. The van der Waals surface area contributed by atoms with Gasteiger partial charge in [-0.05, 0) is 36.4 Å². The van der Waals surface area contributed by atoms with Crippen LogP contribution in [0.2, 0.25) is 5.02 Å². The lowest BCUT2D eigenvalue weighted by atomic mass is 10.1. The van der Waals surface area contributed by atoms with Crippen LogP contribution in [-0.4, -0.2) is 23.7 Å². The van der Waals surface area contributed by atoms with Crippen molar-refractivity contribution >= 4 is 23.4 Å². The molecule has 8 heteroatoms. The minimum atomic E-state index is -0.646. The first-order valence-electron chi connectivity index (χ1n) is 9.43. The molecule has 152 valence electrons. The van der Waals surface area contributed by atoms with Crippen molar-refractivity contribution < 1.29 is 18.7 Å². The molecule has 2 aliphatic rings. The number of pyridine rings is 1. The number of carbonyl (C=O) groups excluding carboxylic acids is 1. The molecule has 1 fully saturated rings. The van der Waals surface area contributed by atoms with Gasteiger partial charge in [0.25, 0.3) is 0 Å². The van der Waals surface area contributed by atoms with Gasteiger partial charge >= 0.3 is 6.03 Å². The third-order valence-corrected chi connectivity index (χ3v) is 5.79. The van der Waals surface area contributed by atoms with Crippen LogP contribution in [0.25, 0.3) is 0 Å². The van der Waals surface area contributed by atoms with Crippen LogP contribution >= 0.6 is 11.6 Å². The second-order valence-electron chi connectivity index (χ2n) is 7.24. The standard InChI is InChI=1S/C22H17ClFN3O3/c23-15-7-8-16(24)21-19(15)18-14(11-29-21)20(18)27(22(25)28)17-9-6-13(10-26-17)30-12-4-2-1-3-5-12/h1-10,14,18,20H,11H2,(H2,25,28). The van der Waals surface area contributed by atoms with Gasteiger partial charge in [-0.15, -0.1) is 0 Å². The third kappa shape index (κ3) is 3.11. The van der Waals surface area contributed by atoms with Crippen LogP contribution in [0, 0.1) is 11.7 Å². The number of carbonyl (C=O) groups is 1. The smallest absolute Gasteiger partial charge is 0.320 e. The normalized spacial score (nSPS) is 21.1. The number of ether oxygens (including phenoxy) is 2. The first kappa shape index (κ1) is 18.7. The molecular weight excluding hydrogens is 409 g/mol. The van der Waals surface area contributed by atoms with E-state index in [4.69, 9.17) is 26.8 Å². The molecule has 2 aromatic carbocycles. The molecule has 1 aromatic heterocycles. The largest absolute Gasteiger partial charge is 0.490 e. The van der Waals surface area contributed by atoms with Crippen molar-refractivity contribution in [2.24, 2.45) is 11.7 Å². The number of nitrogens with two attached hydrogens (primary N) is 1. The Morgan fingerprint density at radius 3 is 2.67 bits per heavy atom. The average Bonchev–Trinajstić information content (AvgIpc) is 3.46. The van der Waals surface area contributed by atoms with E-state index in [1.165, 1.54) is 23.2 Å². The monoisotopic (exact) mass is 425 g/mol. The summed E-state index contributed by atoms with van der Waals surface area (Å²) < 4.78 is 25.5. The van der Waals surface area contributed by atoms with Gasteiger partial charge in [-0.1, -0.05) is 29.8 Å². The molecule has 3 atom stereocenters. The summed E-state index contributed by atoms with van der Waals surface area (Å²) in [7, 11) is 0. The Labute approximate surface area is 177 Å². The molecule has 1 aliphatic carbocycles. The molecule has 6 nitrogen and oxygen atoms in total. The fourth-order valence-corrected chi connectivity index (χ4v) is 4.37. The number of primary amides is 1. The van der Waals surface area contributed by atoms with Gasteiger partial charge < -0.3 is 15.2 Å². The minimum Gasteiger partial charge on any atom is -0.490 e. The fraction of sp³-hybridized carbons (Fsp3) is 0.182. The van der Waals surface area contributed by atoms with E-state index in [-0.39, 0.29) is 30.2 Å². The molecule has 0 spiro atoms. The van der Waals surface area contributed by atoms with Gasteiger partial charge in [0.05, 0.1) is 18.8 Å². The van der Waals surface area contributed by atoms with Crippen LogP contribution in [0.5, 0.6) is 17.2 Å². The van der Waals surface area contributed by atoms with E-state index in [2.05, 4.69) is 4.98 Å². The van der Waals surface area contributed by atoms with Crippen LogP contribution in [0.3, 0.4) is 0 Å². The summed E-state index contributed by atoms with van der Waals surface area (Å²) in [5.41, 5.74) is 6.26. The van der Waals surface area contributed by atoms with Gasteiger partial charge in [0.2, 0.25) is 0 Å². The SMILES string of the molecule is NC(=O)N(c1ccc(Oc2ccccc2)cn1)C1C2COc3c(F)ccc(Cl)c3C21. The number of rotatable bonds is 4. The van der Waals surface area contributed by atoms with E-state index >= 15 is 0 Å². The van der Waals surface area contributed by atoms with E-state index in [1.807, 2.05) is 30.3 Å². The Morgan fingerprint density at radius 1 is 1.17 bits per heavy atom. The molecule has 30 heavy (non-hydrogen) atoms. The predicted octanol–water partition coefficient (Wildman–Crippen LogP) is 4.73. The molecule has 1 aliphatic heterocycles. The summed E-state index contributed by atoms with van der Waals surface area (Å²) in [6.45, 7) is 0.276. The molecule has 0 bridgehead atoms. The molecular formula is C22H17ClFN3O3. The van der Waals surface area contributed by atoms with E-state index < -0.39 is 11.8 Å². The van der Waals surface area contributed by atoms with Crippen LogP contribution < -0.4 is 20.1 Å². The van der Waals surface area contributed by atoms with Crippen molar-refractivity contribution in [1.82, 2.24) is 4.98 Å². The molecule has 1 saturated carbocycles. The zero-order valence-corrected chi connectivity index (χ0v) is 16.4. The fourth-order valence-electron chi connectivity index (χ4n) is 4.09. The van der Waals surface area contributed by atoms with Crippen LogP contribution in [0.4, 0.5) is 15.0 Å². The van der Waals surface area contributed by atoms with Crippen LogP contribution in [-0.2, 0) is 0 Å². The minimum absolute atomic E-state index is 0.0358. The van der Waals surface area contributed by atoms with Crippen LogP contribution in [0.15, 0.2) is 60.8 Å². The number of hydrogen-bond acceptors (Lipinski definition) is 4. The summed E-state index contributed by atoms with van der Waals surface area (Å²) in [5.74, 6) is 1.08. The number of benzene rings is 2. The number of halogens is 2. The molecule has 3 aromatic rings. The molecule has 3 unspecified atom stereocenters. The van der Waals surface area contributed by atoms with Crippen molar-refractivity contribution in [3.05, 3.63) is 77.2 Å². The highest BCUT2D eigenvalue weighted by Crippen LogP contribution is 2.59. The molecule has 2 N–H and O–H groups in total. The quantitative estimate of drug-likeness (QED) is 0.655. The van der Waals surface area contributed by atoms with Gasteiger partial charge in [-0.3, -0.25) is 4.90 Å². The molecule has 5 rings (SSSR count). The average molecular weight is 426 g/mol. The maximum Gasteiger partial charge on any atom is 0.320 e. The highest BCUT2D eigenvalue weighted by molar-refractivity contribution is 6.31. The Balaban J connectivity index is 1.42. The van der Waals surface area contributed by atoms with Crippen molar-refractivity contribution in [3.8, 4) is 17.2 Å². The van der Waals surface area contributed by atoms with Crippen LogP contribution in [0.1, 0.15) is 11.5 Å². The predicted molar refractivity (Wildman–Crippen MR) is 110 cm³/mol. The molecule has 0 radical (unpaired) electrons. The van der Waals surface area contributed by atoms with Crippen molar-refractivity contribution in [2.75, 3.05) is 11.5 Å². The number of anilines is 1. The summed E-state index contributed by atoms with van der Waals surface area (Å²) in [6.07, 6.45) is 1.53. The number of hydrogen-bond donors (Lipinski definition) is 1. The number of amides is 2. The Morgan fingerprint density at radius 2 is 1.97 bits per heavy atom. The zero-order chi connectivity index (χ0) is 20.8. The highest BCUT2D eigenvalue weighted by atomic mass is 35.5. The van der Waals surface area contributed by atoms with Gasteiger partial charge in [0, 0.05) is 22.4 Å².